The number of furan rings is 1. The molecule has 13 heavy (non-hydrogen) atoms. The summed E-state index contributed by atoms with van der Waals surface area (Å²) in [6.45, 7) is 3.87. The van der Waals surface area contributed by atoms with E-state index in [9.17, 15) is 4.79 Å². The van der Waals surface area contributed by atoms with Gasteiger partial charge in [0.05, 0.1) is 6.54 Å². The molecule has 0 radical (unpaired) electrons. The van der Waals surface area contributed by atoms with E-state index < -0.39 is 0 Å². The molecule has 0 saturated heterocycles. The van der Waals surface area contributed by atoms with Gasteiger partial charge in [-0.1, -0.05) is 6.08 Å². The number of allylic oxidation sites excluding steroid dienone is 1. The van der Waals surface area contributed by atoms with Crippen molar-refractivity contribution in [2.45, 2.75) is 19.4 Å². The fraction of sp³-hybridized carbons (Fsp3) is 0.300. The zero-order valence-electron chi connectivity index (χ0n) is 7.45. The Morgan fingerprint density at radius 3 is 2.92 bits per heavy atom. The zero-order valence-corrected chi connectivity index (χ0v) is 7.45. The van der Waals surface area contributed by atoms with Crippen molar-refractivity contribution in [2.24, 2.45) is 5.73 Å². The van der Waals surface area contributed by atoms with Gasteiger partial charge in [0.2, 0.25) is 0 Å². The maximum Gasteiger partial charge on any atom is 0.198 e. The first kappa shape index (κ1) is 9.74. The summed E-state index contributed by atoms with van der Waals surface area (Å²) >= 11 is 0. The van der Waals surface area contributed by atoms with Crippen molar-refractivity contribution in [2.75, 3.05) is 0 Å². The topological polar surface area (TPSA) is 56.2 Å². The van der Waals surface area contributed by atoms with Crippen LogP contribution in [0.2, 0.25) is 0 Å². The first-order valence-electron chi connectivity index (χ1n) is 4.20. The third-order valence-electron chi connectivity index (χ3n) is 1.71. The summed E-state index contributed by atoms with van der Waals surface area (Å²) in [4.78, 5) is 11.4. The molecule has 1 heterocycles. The first-order valence-corrected chi connectivity index (χ1v) is 4.20. The predicted octanol–water partition coefficient (Wildman–Crippen LogP) is 1.89. The minimum absolute atomic E-state index is 0.000370. The van der Waals surface area contributed by atoms with Crippen molar-refractivity contribution in [3.63, 3.8) is 0 Å². The molecule has 0 saturated carbocycles. The Morgan fingerprint density at radius 1 is 1.62 bits per heavy atom. The van der Waals surface area contributed by atoms with Crippen LogP contribution in [0.3, 0.4) is 0 Å². The highest BCUT2D eigenvalue weighted by molar-refractivity contribution is 5.93. The minimum Gasteiger partial charge on any atom is -0.457 e. The number of Topliss-reactive ketones (excluding diaryl/α,β-unsaturated/α-hetero) is 1. The monoisotopic (exact) mass is 179 g/mol. The van der Waals surface area contributed by atoms with Crippen LogP contribution >= 0.6 is 0 Å². The van der Waals surface area contributed by atoms with Crippen molar-refractivity contribution in [1.82, 2.24) is 0 Å². The molecule has 0 amide bonds. The number of carbonyl (C=O) groups excluding carboxylic acids is 1. The average molecular weight is 179 g/mol. The highest BCUT2D eigenvalue weighted by Crippen LogP contribution is 2.10. The minimum atomic E-state index is -0.000370. The molecule has 0 aliphatic rings. The van der Waals surface area contributed by atoms with E-state index in [4.69, 9.17) is 10.2 Å². The van der Waals surface area contributed by atoms with Crippen LogP contribution in [-0.2, 0) is 6.54 Å². The van der Waals surface area contributed by atoms with Gasteiger partial charge >= 0.3 is 0 Å². The van der Waals surface area contributed by atoms with Gasteiger partial charge in [-0.25, -0.2) is 0 Å². The summed E-state index contributed by atoms with van der Waals surface area (Å²) in [5, 5.41) is 0. The molecule has 3 heteroatoms. The van der Waals surface area contributed by atoms with Gasteiger partial charge < -0.3 is 10.2 Å². The van der Waals surface area contributed by atoms with Gasteiger partial charge in [0, 0.05) is 6.42 Å². The Morgan fingerprint density at radius 2 is 2.38 bits per heavy atom. The van der Waals surface area contributed by atoms with Gasteiger partial charge in [0.25, 0.3) is 0 Å². The summed E-state index contributed by atoms with van der Waals surface area (Å²) in [7, 11) is 0. The van der Waals surface area contributed by atoms with Crippen molar-refractivity contribution >= 4 is 5.78 Å². The zero-order chi connectivity index (χ0) is 9.68. The van der Waals surface area contributed by atoms with Crippen molar-refractivity contribution < 1.29 is 9.21 Å². The smallest absolute Gasteiger partial charge is 0.198 e. The van der Waals surface area contributed by atoms with E-state index in [1.165, 1.54) is 0 Å². The van der Waals surface area contributed by atoms with Crippen LogP contribution in [-0.4, -0.2) is 5.78 Å². The maximum absolute atomic E-state index is 11.4. The van der Waals surface area contributed by atoms with Gasteiger partial charge in [-0.2, -0.15) is 0 Å². The average Bonchev–Trinajstić information content (AvgIpc) is 2.62. The summed E-state index contributed by atoms with van der Waals surface area (Å²) < 4.78 is 5.18. The quantitative estimate of drug-likeness (QED) is 0.554. The Balaban J connectivity index is 2.60. The fourth-order valence-electron chi connectivity index (χ4n) is 0.994. The molecule has 1 aromatic rings. The summed E-state index contributed by atoms with van der Waals surface area (Å²) in [6.07, 6.45) is 2.84. The molecule has 2 N–H and O–H groups in total. The van der Waals surface area contributed by atoms with E-state index in [2.05, 4.69) is 6.58 Å². The number of hydrogen-bond donors (Lipinski definition) is 1. The lowest BCUT2D eigenvalue weighted by Gasteiger charge is -1.93. The molecule has 0 atom stereocenters. The van der Waals surface area contributed by atoms with Crippen LogP contribution in [0.4, 0.5) is 0 Å². The van der Waals surface area contributed by atoms with Gasteiger partial charge in [-0.15, -0.1) is 6.58 Å². The second kappa shape index (κ2) is 4.62. The molecule has 0 fully saturated rings. The van der Waals surface area contributed by atoms with E-state index in [1.807, 2.05) is 0 Å². The van der Waals surface area contributed by atoms with E-state index >= 15 is 0 Å². The summed E-state index contributed by atoms with van der Waals surface area (Å²) in [5.74, 6) is 1.03. The molecule has 0 spiro atoms. The predicted molar refractivity (Wildman–Crippen MR) is 50.4 cm³/mol. The van der Waals surface area contributed by atoms with E-state index in [-0.39, 0.29) is 5.78 Å². The molecule has 0 aliphatic carbocycles. The van der Waals surface area contributed by atoms with E-state index in [0.717, 1.165) is 0 Å². The van der Waals surface area contributed by atoms with Gasteiger partial charge in [0.15, 0.2) is 11.5 Å². The molecule has 70 valence electrons. The van der Waals surface area contributed by atoms with E-state index in [0.29, 0.717) is 30.9 Å². The van der Waals surface area contributed by atoms with Crippen molar-refractivity contribution in [3.8, 4) is 0 Å². The molecule has 0 aliphatic heterocycles. The lowest BCUT2D eigenvalue weighted by atomic mass is 10.2. The van der Waals surface area contributed by atoms with Crippen molar-refractivity contribution in [1.29, 1.82) is 0 Å². The largest absolute Gasteiger partial charge is 0.457 e. The fourth-order valence-corrected chi connectivity index (χ4v) is 0.994. The number of carbonyl (C=O) groups is 1. The van der Waals surface area contributed by atoms with E-state index in [1.54, 1.807) is 18.2 Å². The van der Waals surface area contributed by atoms with Crippen molar-refractivity contribution in [3.05, 3.63) is 36.3 Å². The van der Waals surface area contributed by atoms with Crippen LogP contribution in [0.15, 0.2) is 29.2 Å². The van der Waals surface area contributed by atoms with Crippen LogP contribution in [0.5, 0.6) is 0 Å². The lowest BCUT2D eigenvalue weighted by molar-refractivity contribution is 0.0955. The summed E-state index contributed by atoms with van der Waals surface area (Å²) in [5.41, 5.74) is 5.34. The number of hydrogen-bond acceptors (Lipinski definition) is 3. The molecular weight excluding hydrogens is 166 g/mol. The highest BCUT2D eigenvalue weighted by Gasteiger charge is 2.08. The Labute approximate surface area is 77.2 Å². The third kappa shape index (κ3) is 2.56. The molecule has 1 aromatic heterocycles. The van der Waals surface area contributed by atoms with Gasteiger partial charge in [-0.3, -0.25) is 4.79 Å². The molecular formula is C10H13NO2. The second-order valence-corrected chi connectivity index (χ2v) is 2.72. The van der Waals surface area contributed by atoms with Crippen LogP contribution < -0.4 is 5.73 Å². The lowest BCUT2D eigenvalue weighted by Crippen LogP contribution is -1.96. The molecule has 0 bridgehead atoms. The normalized spacial score (nSPS) is 9.92. The second-order valence-electron chi connectivity index (χ2n) is 2.72. The van der Waals surface area contributed by atoms with Gasteiger partial charge in [0.1, 0.15) is 5.76 Å². The molecule has 1 rings (SSSR count). The Bertz CT molecular complexity index is 302. The molecule has 0 unspecified atom stereocenters. The number of ketones is 1. The van der Waals surface area contributed by atoms with Gasteiger partial charge in [-0.05, 0) is 18.6 Å². The van der Waals surface area contributed by atoms with Crippen LogP contribution in [0, 0.1) is 0 Å². The highest BCUT2D eigenvalue weighted by atomic mass is 16.3. The van der Waals surface area contributed by atoms with Crippen LogP contribution in [0.1, 0.15) is 29.2 Å². The molecule has 3 nitrogen and oxygen atoms in total. The number of rotatable bonds is 5. The molecule has 0 aromatic carbocycles. The maximum atomic E-state index is 11.4. The third-order valence-corrected chi connectivity index (χ3v) is 1.71. The first-order chi connectivity index (χ1) is 6.27. The Kier molecular flexibility index (Phi) is 3.46. The van der Waals surface area contributed by atoms with Crippen LogP contribution in [0.25, 0.3) is 0 Å². The Hall–Kier alpha value is -1.35. The summed E-state index contributed by atoms with van der Waals surface area (Å²) in [6, 6.07) is 3.38. The standard InChI is InChI=1S/C10H13NO2/c1-2-3-4-9(12)10-6-5-8(7-11)13-10/h2,5-6H,1,3-4,7,11H2. The number of nitrogens with two attached hydrogens (primary N) is 1. The SMILES string of the molecule is C=CCCC(=O)c1ccc(CN)o1.